The van der Waals surface area contributed by atoms with E-state index in [0.29, 0.717) is 12.1 Å². The molecular formula is C23H27N3O3S. The Hall–Kier alpha value is -2.69. The third-order valence-corrected chi connectivity index (χ3v) is 7.20. The third-order valence-electron chi connectivity index (χ3n) is 5.36. The number of aromatic amines is 1. The Morgan fingerprint density at radius 2 is 2.10 bits per heavy atom. The van der Waals surface area contributed by atoms with E-state index in [1.54, 1.807) is 14.1 Å². The number of Topliss-reactive ketones (excluding diaryl/α,β-unsaturated/α-hetero) is 1. The van der Waals surface area contributed by atoms with Gasteiger partial charge in [-0.3, -0.25) is 4.79 Å². The molecule has 1 aliphatic carbocycles. The number of hydrogen-bond donors (Lipinski definition) is 1. The smallest absolute Gasteiger partial charge is 0.213 e. The minimum absolute atomic E-state index is 0.0536. The van der Waals surface area contributed by atoms with E-state index in [1.807, 2.05) is 18.2 Å². The molecule has 0 unspecified atom stereocenters. The number of aromatic nitrogens is 2. The summed E-state index contributed by atoms with van der Waals surface area (Å²) in [4.78, 5) is 19.7. The van der Waals surface area contributed by atoms with E-state index in [1.165, 1.54) is 22.5 Å². The van der Waals surface area contributed by atoms with Crippen LogP contribution in [0.1, 0.15) is 58.7 Å². The molecule has 7 heteroatoms. The highest BCUT2D eigenvalue weighted by atomic mass is 32.2. The fraction of sp³-hybridized carbons (Fsp3) is 0.391. The highest BCUT2D eigenvalue weighted by molar-refractivity contribution is 7.89. The van der Waals surface area contributed by atoms with E-state index in [0.717, 1.165) is 36.0 Å². The SMILES string of the molecule is C#Cc1cnc(C(=O)Cc2ccc(CCS(=O)(=O)N(C)C)cc2C2=CCCCC2)[nH]1. The van der Waals surface area contributed by atoms with Crippen molar-refractivity contribution < 1.29 is 13.2 Å². The Bertz CT molecular complexity index is 1100. The van der Waals surface area contributed by atoms with Crippen molar-refractivity contribution in [3.8, 4) is 12.3 Å². The van der Waals surface area contributed by atoms with Crippen molar-refractivity contribution >= 4 is 21.4 Å². The average molecular weight is 426 g/mol. The highest BCUT2D eigenvalue weighted by Gasteiger charge is 2.18. The number of hydrogen-bond acceptors (Lipinski definition) is 4. The van der Waals surface area contributed by atoms with E-state index < -0.39 is 10.0 Å². The van der Waals surface area contributed by atoms with Crippen molar-refractivity contribution in [2.75, 3.05) is 19.8 Å². The molecule has 1 aliphatic rings. The van der Waals surface area contributed by atoms with Gasteiger partial charge in [-0.15, -0.1) is 6.42 Å². The first-order valence-electron chi connectivity index (χ1n) is 10.1. The Morgan fingerprint density at radius 1 is 1.30 bits per heavy atom. The van der Waals surface area contributed by atoms with E-state index in [4.69, 9.17) is 6.42 Å². The quantitative estimate of drug-likeness (QED) is 0.520. The summed E-state index contributed by atoms with van der Waals surface area (Å²) in [6.07, 6.45) is 14.0. The fourth-order valence-electron chi connectivity index (χ4n) is 3.54. The van der Waals surface area contributed by atoms with Gasteiger partial charge in [0.05, 0.1) is 11.9 Å². The molecule has 0 spiro atoms. The van der Waals surface area contributed by atoms with Crippen LogP contribution in [-0.4, -0.2) is 48.3 Å². The molecule has 0 saturated heterocycles. The van der Waals surface area contributed by atoms with Crippen LogP contribution in [-0.2, 0) is 22.9 Å². The second-order valence-corrected chi connectivity index (χ2v) is 10.0. The van der Waals surface area contributed by atoms with Gasteiger partial charge in [-0.25, -0.2) is 17.7 Å². The third kappa shape index (κ3) is 5.26. The van der Waals surface area contributed by atoms with Crippen LogP contribution in [0.15, 0.2) is 30.5 Å². The summed E-state index contributed by atoms with van der Waals surface area (Å²) >= 11 is 0. The minimum atomic E-state index is -3.26. The number of rotatable bonds is 8. The lowest BCUT2D eigenvalue weighted by Gasteiger charge is -2.18. The van der Waals surface area contributed by atoms with Crippen LogP contribution in [0.4, 0.5) is 0 Å². The maximum absolute atomic E-state index is 12.7. The molecule has 1 aromatic carbocycles. The van der Waals surface area contributed by atoms with Crippen LogP contribution in [0.2, 0.25) is 0 Å². The average Bonchev–Trinajstić information content (AvgIpc) is 3.23. The first-order valence-corrected chi connectivity index (χ1v) is 11.7. The summed E-state index contributed by atoms with van der Waals surface area (Å²) in [5, 5.41) is 0. The van der Waals surface area contributed by atoms with Crippen molar-refractivity contribution in [1.82, 2.24) is 14.3 Å². The number of carbonyl (C=O) groups excluding carboxylic acids is 1. The van der Waals surface area contributed by atoms with Gasteiger partial charge in [-0.05, 0) is 54.4 Å². The number of imidazole rings is 1. The second-order valence-electron chi connectivity index (χ2n) is 7.70. The molecule has 0 fully saturated rings. The lowest BCUT2D eigenvalue weighted by molar-refractivity contribution is 0.0984. The number of nitrogens with one attached hydrogen (secondary N) is 1. The second kappa shape index (κ2) is 9.41. The van der Waals surface area contributed by atoms with Gasteiger partial charge in [-0.1, -0.05) is 30.2 Å². The van der Waals surface area contributed by atoms with Crippen molar-refractivity contribution in [1.29, 1.82) is 0 Å². The molecule has 1 aromatic heterocycles. The molecule has 0 bridgehead atoms. The Balaban J connectivity index is 1.87. The number of nitrogens with zero attached hydrogens (tertiary/aromatic N) is 2. The van der Waals surface area contributed by atoms with Gasteiger partial charge < -0.3 is 4.98 Å². The molecule has 3 rings (SSSR count). The van der Waals surface area contributed by atoms with Gasteiger partial charge in [0.1, 0.15) is 5.69 Å². The zero-order chi connectivity index (χ0) is 21.7. The Kier molecular flexibility index (Phi) is 6.91. The van der Waals surface area contributed by atoms with Gasteiger partial charge in [0.15, 0.2) is 5.82 Å². The van der Waals surface area contributed by atoms with Crippen molar-refractivity contribution in [3.63, 3.8) is 0 Å². The standard InChI is InChI=1S/C23H27N3O3S/c1-4-20-16-24-23(25-20)22(27)15-19-11-10-17(12-13-30(28,29)26(2)3)14-21(19)18-8-6-5-7-9-18/h1,8,10-11,14,16H,5-7,9,12-13,15H2,2-3H3,(H,24,25). The lowest BCUT2D eigenvalue weighted by atomic mass is 9.88. The predicted molar refractivity (Wildman–Crippen MR) is 119 cm³/mol. The molecule has 0 radical (unpaired) electrons. The zero-order valence-corrected chi connectivity index (χ0v) is 18.3. The number of sulfonamides is 1. The molecule has 0 saturated carbocycles. The molecule has 0 aliphatic heterocycles. The van der Waals surface area contributed by atoms with Crippen LogP contribution < -0.4 is 0 Å². The topological polar surface area (TPSA) is 83.1 Å². The van der Waals surface area contributed by atoms with E-state index in [9.17, 15) is 13.2 Å². The Morgan fingerprint density at radius 3 is 2.73 bits per heavy atom. The molecule has 2 aromatic rings. The van der Waals surface area contributed by atoms with Gasteiger partial charge >= 0.3 is 0 Å². The predicted octanol–water partition coefficient (Wildman–Crippen LogP) is 3.21. The van der Waals surface area contributed by atoms with Crippen LogP contribution >= 0.6 is 0 Å². The molecule has 6 nitrogen and oxygen atoms in total. The highest BCUT2D eigenvalue weighted by Crippen LogP contribution is 2.30. The van der Waals surface area contributed by atoms with Crippen LogP contribution in [0.3, 0.4) is 0 Å². The molecule has 30 heavy (non-hydrogen) atoms. The summed E-state index contributed by atoms with van der Waals surface area (Å²) in [7, 11) is -0.175. The first-order chi connectivity index (χ1) is 14.3. The summed E-state index contributed by atoms with van der Waals surface area (Å²) in [5.41, 5.74) is 4.61. The molecule has 1 heterocycles. The molecule has 0 atom stereocenters. The van der Waals surface area contributed by atoms with E-state index in [2.05, 4.69) is 22.0 Å². The maximum Gasteiger partial charge on any atom is 0.213 e. The summed E-state index contributed by atoms with van der Waals surface area (Å²) in [6.45, 7) is 0. The molecule has 1 N–H and O–H groups in total. The monoisotopic (exact) mass is 425 g/mol. The number of carbonyl (C=O) groups is 1. The lowest BCUT2D eigenvalue weighted by Crippen LogP contribution is -2.26. The number of ketones is 1. The van der Waals surface area contributed by atoms with Crippen molar-refractivity contribution in [2.45, 2.75) is 38.5 Å². The van der Waals surface area contributed by atoms with Crippen LogP contribution in [0, 0.1) is 12.3 Å². The van der Waals surface area contributed by atoms with Gasteiger partial charge in [-0.2, -0.15) is 0 Å². The van der Waals surface area contributed by atoms with Crippen LogP contribution in [0.25, 0.3) is 5.57 Å². The largest absolute Gasteiger partial charge is 0.329 e. The molecular weight excluding hydrogens is 398 g/mol. The first kappa shape index (κ1) is 22.0. The van der Waals surface area contributed by atoms with E-state index >= 15 is 0 Å². The van der Waals surface area contributed by atoms with E-state index in [-0.39, 0.29) is 23.8 Å². The van der Waals surface area contributed by atoms with Gasteiger partial charge in [0, 0.05) is 20.5 Å². The summed E-state index contributed by atoms with van der Waals surface area (Å²) in [5.74, 6) is 2.62. The van der Waals surface area contributed by atoms with Crippen LogP contribution in [0.5, 0.6) is 0 Å². The van der Waals surface area contributed by atoms with Crippen molar-refractivity contribution in [3.05, 3.63) is 58.7 Å². The summed E-state index contributed by atoms with van der Waals surface area (Å²) < 4.78 is 25.5. The summed E-state index contributed by atoms with van der Waals surface area (Å²) in [6, 6.07) is 5.89. The van der Waals surface area contributed by atoms with Gasteiger partial charge in [0.25, 0.3) is 0 Å². The van der Waals surface area contributed by atoms with Crippen molar-refractivity contribution in [2.24, 2.45) is 0 Å². The number of H-pyrrole nitrogens is 1. The zero-order valence-electron chi connectivity index (χ0n) is 17.4. The fourth-order valence-corrected chi connectivity index (χ4v) is 4.40. The number of allylic oxidation sites excluding steroid dienone is 2. The molecule has 0 amide bonds. The number of benzene rings is 1. The van der Waals surface area contributed by atoms with Gasteiger partial charge in [0.2, 0.25) is 15.8 Å². The number of aryl methyl sites for hydroxylation is 1. The molecule has 158 valence electrons. The Labute approximate surface area is 178 Å². The normalized spacial score (nSPS) is 14.4. The number of terminal acetylenes is 1. The maximum atomic E-state index is 12.7. The minimum Gasteiger partial charge on any atom is -0.329 e.